The van der Waals surface area contributed by atoms with Crippen LogP contribution in [0.1, 0.15) is 43.9 Å². The van der Waals surface area contributed by atoms with Gasteiger partial charge in [-0.15, -0.1) is 22.7 Å². The van der Waals surface area contributed by atoms with Crippen LogP contribution in [0.15, 0.2) is 22.0 Å². The second kappa shape index (κ2) is 7.97. The smallest absolute Gasteiger partial charge is 0.415 e. The number of thiophene rings is 2. The van der Waals surface area contributed by atoms with E-state index in [9.17, 15) is 13.6 Å². The van der Waals surface area contributed by atoms with Gasteiger partial charge in [-0.25, -0.2) is 13.6 Å². The Morgan fingerprint density at radius 2 is 2.07 bits per heavy atom. The van der Waals surface area contributed by atoms with E-state index in [1.54, 1.807) is 20.8 Å². The van der Waals surface area contributed by atoms with Crippen molar-refractivity contribution in [2.45, 2.75) is 52.2 Å². The van der Waals surface area contributed by atoms with Crippen molar-refractivity contribution < 1.29 is 18.3 Å². The molecule has 0 N–H and O–H groups in total. The number of carbonyl (C=O) groups excluding carboxylic acids is 1. The predicted octanol–water partition coefficient (Wildman–Crippen LogP) is 7.63. The first-order valence-corrected chi connectivity index (χ1v) is 11.8. The minimum absolute atomic E-state index is 0.0678. The first-order chi connectivity index (χ1) is 13.0. The van der Waals surface area contributed by atoms with E-state index in [0.717, 1.165) is 27.7 Å². The molecule has 152 valence electrons. The monoisotopic (exact) mass is 508 g/mol. The molecule has 3 aromatic rings. The molecule has 28 heavy (non-hydrogen) atoms. The van der Waals surface area contributed by atoms with Gasteiger partial charge in [0.15, 0.2) is 0 Å². The normalized spacial score (nSPS) is 12.5. The van der Waals surface area contributed by atoms with Crippen LogP contribution in [0.4, 0.5) is 18.6 Å². The van der Waals surface area contributed by atoms with E-state index < -0.39 is 17.6 Å². The maximum atomic E-state index is 14.3. The molecular weight excluding hydrogens is 490 g/mol. The Morgan fingerprint density at radius 1 is 1.36 bits per heavy atom. The van der Waals surface area contributed by atoms with Crippen molar-refractivity contribution in [3.05, 3.63) is 31.7 Å². The first-order valence-electron chi connectivity index (χ1n) is 8.52. The number of alkyl halides is 2. The van der Waals surface area contributed by atoms with Crippen LogP contribution < -0.4 is 4.90 Å². The highest BCUT2D eigenvalue weighted by Crippen LogP contribution is 2.49. The van der Waals surface area contributed by atoms with Crippen LogP contribution >= 0.6 is 50.1 Å². The van der Waals surface area contributed by atoms with Crippen LogP contribution in [-0.4, -0.2) is 16.1 Å². The molecule has 0 aromatic carbocycles. The third kappa shape index (κ3) is 4.39. The number of hydrogen-bond acceptors (Lipinski definition) is 6. The van der Waals surface area contributed by atoms with Crippen LogP contribution in [0.5, 0.6) is 0 Å². The maximum Gasteiger partial charge on any atom is 0.415 e. The highest BCUT2D eigenvalue weighted by atomic mass is 79.9. The van der Waals surface area contributed by atoms with Crippen molar-refractivity contribution in [3.63, 3.8) is 0 Å². The van der Waals surface area contributed by atoms with Crippen molar-refractivity contribution in [3.8, 4) is 0 Å². The molecular formula is C18H19BrF2N2O2S3. The van der Waals surface area contributed by atoms with E-state index in [4.69, 9.17) is 4.74 Å². The third-order valence-corrected chi connectivity index (χ3v) is 7.97. The number of aromatic nitrogens is 1. The van der Waals surface area contributed by atoms with Gasteiger partial charge in [0, 0.05) is 11.3 Å². The lowest BCUT2D eigenvalue weighted by atomic mass is 10.2. The molecule has 0 saturated carbocycles. The summed E-state index contributed by atoms with van der Waals surface area (Å²) in [6.45, 7) is 7.10. The lowest BCUT2D eigenvalue weighted by Gasteiger charge is -2.26. The first kappa shape index (κ1) is 21.6. The molecule has 0 bridgehead atoms. The average molecular weight is 509 g/mol. The van der Waals surface area contributed by atoms with Gasteiger partial charge in [-0.1, -0.05) is 13.0 Å². The fourth-order valence-electron chi connectivity index (χ4n) is 2.42. The van der Waals surface area contributed by atoms with Gasteiger partial charge in [0.1, 0.15) is 16.1 Å². The van der Waals surface area contributed by atoms with Crippen molar-refractivity contribution in [1.29, 1.82) is 0 Å². The molecule has 0 spiro atoms. The fourth-order valence-corrected chi connectivity index (χ4v) is 6.38. The standard InChI is InChI=1S/C18H19BrF2N2O2S3/c1-5-18(20,21)14-11(19)12-13(27-14)15(28-22-12)23(9-10-7-6-8-26-10)16(24)25-17(2,3)4/h6-8H,5,9H2,1-4H3. The zero-order valence-electron chi connectivity index (χ0n) is 15.7. The van der Waals surface area contributed by atoms with Gasteiger partial charge in [-0.05, 0) is 59.7 Å². The quantitative estimate of drug-likeness (QED) is 0.355. The zero-order chi connectivity index (χ0) is 20.7. The van der Waals surface area contributed by atoms with E-state index in [0.29, 0.717) is 26.2 Å². The van der Waals surface area contributed by atoms with E-state index >= 15 is 0 Å². The minimum Gasteiger partial charge on any atom is -0.443 e. The predicted molar refractivity (Wildman–Crippen MR) is 116 cm³/mol. The van der Waals surface area contributed by atoms with Gasteiger partial charge in [-0.2, -0.15) is 4.37 Å². The van der Waals surface area contributed by atoms with Gasteiger partial charge in [0.2, 0.25) is 0 Å². The molecule has 0 unspecified atom stereocenters. The van der Waals surface area contributed by atoms with Crippen LogP contribution in [0, 0.1) is 0 Å². The number of rotatable bonds is 5. The molecule has 0 aliphatic heterocycles. The Labute approximate surface area is 182 Å². The lowest BCUT2D eigenvalue weighted by molar-refractivity contribution is -0.00499. The van der Waals surface area contributed by atoms with Crippen LogP contribution in [-0.2, 0) is 17.2 Å². The summed E-state index contributed by atoms with van der Waals surface area (Å²) < 4.78 is 39.4. The zero-order valence-corrected chi connectivity index (χ0v) is 19.8. The van der Waals surface area contributed by atoms with E-state index in [-0.39, 0.29) is 11.3 Å². The number of fused-ring (bicyclic) bond motifs is 1. The van der Waals surface area contributed by atoms with Gasteiger partial charge in [-0.3, -0.25) is 4.90 Å². The number of amides is 1. The second-order valence-corrected chi connectivity index (χ2v) is 10.7. The Kier molecular flexibility index (Phi) is 6.15. The molecule has 4 nitrogen and oxygen atoms in total. The summed E-state index contributed by atoms with van der Waals surface area (Å²) in [6.07, 6.45) is -0.835. The molecule has 0 radical (unpaired) electrons. The van der Waals surface area contributed by atoms with Gasteiger partial charge in [0.25, 0.3) is 5.92 Å². The van der Waals surface area contributed by atoms with Crippen LogP contribution in [0.2, 0.25) is 0 Å². The summed E-state index contributed by atoms with van der Waals surface area (Å²) in [5.41, 5.74) is -0.224. The van der Waals surface area contributed by atoms with Crippen molar-refractivity contribution in [1.82, 2.24) is 4.37 Å². The fraction of sp³-hybridized carbons (Fsp3) is 0.444. The molecule has 0 saturated heterocycles. The van der Waals surface area contributed by atoms with E-state index in [1.807, 2.05) is 17.5 Å². The van der Waals surface area contributed by atoms with Crippen LogP contribution in [0.25, 0.3) is 10.2 Å². The molecule has 0 aliphatic carbocycles. The van der Waals surface area contributed by atoms with Crippen LogP contribution in [0.3, 0.4) is 0 Å². The van der Waals surface area contributed by atoms with E-state index in [1.165, 1.54) is 23.2 Å². The summed E-state index contributed by atoms with van der Waals surface area (Å²) in [4.78, 5) is 15.3. The number of anilines is 1. The lowest BCUT2D eigenvalue weighted by Crippen LogP contribution is -2.36. The number of ether oxygens (including phenoxy) is 1. The molecule has 3 heterocycles. The summed E-state index contributed by atoms with van der Waals surface area (Å²) in [5, 5.41) is 2.44. The SMILES string of the molecule is CCC(F)(F)c1sc2c(N(Cc3cccs3)C(=O)OC(C)(C)C)snc2c1Br. The topological polar surface area (TPSA) is 42.4 Å². The molecule has 3 rings (SSSR count). The number of nitrogens with zero attached hydrogens (tertiary/aromatic N) is 2. The summed E-state index contributed by atoms with van der Waals surface area (Å²) in [7, 11) is 0. The summed E-state index contributed by atoms with van der Waals surface area (Å²) in [5.74, 6) is -2.95. The molecule has 0 aliphatic rings. The Morgan fingerprint density at radius 3 is 2.64 bits per heavy atom. The molecule has 3 aromatic heterocycles. The second-order valence-electron chi connectivity index (χ2n) is 7.11. The number of carbonyl (C=O) groups is 1. The highest BCUT2D eigenvalue weighted by molar-refractivity contribution is 9.10. The summed E-state index contributed by atoms with van der Waals surface area (Å²) in [6, 6.07) is 3.82. The minimum atomic E-state index is -2.95. The van der Waals surface area contributed by atoms with Gasteiger partial charge in [0.05, 0.1) is 20.6 Å². The average Bonchev–Trinajstić information content (AvgIpc) is 3.30. The molecule has 0 fully saturated rings. The number of halogens is 3. The Balaban J connectivity index is 2.07. The van der Waals surface area contributed by atoms with Gasteiger partial charge < -0.3 is 4.74 Å². The van der Waals surface area contributed by atoms with E-state index in [2.05, 4.69) is 20.3 Å². The molecule has 1 amide bonds. The van der Waals surface area contributed by atoms with Crippen molar-refractivity contribution in [2.24, 2.45) is 0 Å². The largest absolute Gasteiger partial charge is 0.443 e. The van der Waals surface area contributed by atoms with Gasteiger partial charge >= 0.3 is 6.09 Å². The Bertz CT molecular complexity index is 977. The number of hydrogen-bond donors (Lipinski definition) is 0. The highest BCUT2D eigenvalue weighted by Gasteiger charge is 2.37. The van der Waals surface area contributed by atoms with Crippen molar-refractivity contribution >= 4 is 71.4 Å². The molecule has 10 heteroatoms. The summed E-state index contributed by atoms with van der Waals surface area (Å²) >= 11 is 6.87. The maximum absolute atomic E-state index is 14.3. The Hall–Kier alpha value is -1.10. The third-order valence-electron chi connectivity index (χ3n) is 3.77. The molecule has 0 atom stereocenters. The van der Waals surface area contributed by atoms with Crippen molar-refractivity contribution in [2.75, 3.05) is 4.90 Å².